The summed E-state index contributed by atoms with van der Waals surface area (Å²) in [7, 11) is 0. The van der Waals surface area contributed by atoms with Crippen LogP contribution in [-0.2, 0) is 6.61 Å². The van der Waals surface area contributed by atoms with E-state index in [9.17, 15) is 8.78 Å². The number of aromatic nitrogens is 5. The van der Waals surface area contributed by atoms with Crippen molar-refractivity contribution in [1.29, 1.82) is 5.26 Å². The van der Waals surface area contributed by atoms with Crippen LogP contribution in [0.3, 0.4) is 0 Å². The van der Waals surface area contributed by atoms with Crippen molar-refractivity contribution in [2.45, 2.75) is 51.2 Å². The fourth-order valence-electron chi connectivity index (χ4n) is 3.40. The van der Waals surface area contributed by atoms with Crippen molar-refractivity contribution in [1.82, 2.24) is 25.0 Å². The summed E-state index contributed by atoms with van der Waals surface area (Å²) >= 11 is 0. The zero-order valence-electron chi connectivity index (χ0n) is 16.9. The number of nitrogens with one attached hydrogen (secondary N) is 1. The highest BCUT2D eigenvalue weighted by molar-refractivity contribution is 5.44. The quantitative estimate of drug-likeness (QED) is 0.641. The summed E-state index contributed by atoms with van der Waals surface area (Å²) < 4.78 is 34.3. The molecule has 0 saturated heterocycles. The molecule has 8 nitrogen and oxygen atoms in total. The van der Waals surface area contributed by atoms with E-state index in [1.54, 1.807) is 16.9 Å². The molecule has 3 heterocycles. The zero-order chi connectivity index (χ0) is 21.8. The van der Waals surface area contributed by atoms with Crippen LogP contribution < -0.4 is 10.1 Å². The van der Waals surface area contributed by atoms with Gasteiger partial charge in [0.05, 0.1) is 5.69 Å². The summed E-state index contributed by atoms with van der Waals surface area (Å²) in [6, 6.07) is 10.5. The van der Waals surface area contributed by atoms with Gasteiger partial charge in [0, 0.05) is 31.1 Å². The molecule has 31 heavy (non-hydrogen) atoms. The third-order valence-electron chi connectivity index (χ3n) is 5.04. The normalized spacial score (nSPS) is 15.9. The molecule has 1 aliphatic rings. The molecular formula is C21H21F2N7O. The number of hydrogen-bond acceptors (Lipinski definition) is 7. The summed E-state index contributed by atoms with van der Waals surface area (Å²) in [6.45, 7) is 2.07. The van der Waals surface area contributed by atoms with Gasteiger partial charge in [-0.15, -0.1) is 10.2 Å². The first-order valence-electron chi connectivity index (χ1n) is 9.95. The number of nitriles is 1. The van der Waals surface area contributed by atoms with Gasteiger partial charge >= 0.3 is 0 Å². The highest BCUT2D eigenvalue weighted by Crippen LogP contribution is 2.34. The van der Waals surface area contributed by atoms with E-state index in [4.69, 9.17) is 10.00 Å². The number of hydrogen-bond donors (Lipinski definition) is 1. The lowest BCUT2D eigenvalue weighted by atomic mass is 9.92. The van der Waals surface area contributed by atoms with Crippen molar-refractivity contribution in [3.8, 4) is 17.8 Å². The maximum absolute atomic E-state index is 13.5. The number of ether oxygens (including phenoxy) is 1. The number of aryl methyl sites for hydroxylation is 1. The number of anilines is 1. The topological polar surface area (TPSA) is 102 Å². The predicted molar refractivity (Wildman–Crippen MR) is 108 cm³/mol. The van der Waals surface area contributed by atoms with Crippen molar-refractivity contribution >= 4 is 5.82 Å². The van der Waals surface area contributed by atoms with E-state index in [0.717, 1.165) is 11.3 Å². The molecule has 160 valence electrons. The smallest absolute Gasteiger partial charge is 0.248 e. The van der Waals surface area contributed by atoms with E-state index in [0.29, 0.717) is 24.5 Å². The first-order valence-corrected chi connectivity index (χ1v) is 9.95. The second-order valence-electron chi connectivity index (χ2n) is 7.55. The molecule has 4 rings (SSSR count). The Morgan fingerprint density at radius 2 is 2.03 bits per heavy atom. The number of alkyl halides is 2. The fraction of sp³-hybridized carbons (Fsp3) is 0.381. The van der Waals surface area contributed by atoms with E-state index >= 15 is 0 Å². The SMILES string of the molecule is Cc1ccn(-c2cc(COc3ccc(C#N)nn3)cc(NC3CCC(F)(F)CC3)n2)n1. The molecule has 0 atom stereocenters. The molecule has 1 N–H and O–H groups in total. The fourth-order valence-corrected chi connectivity index (χ4v) is 3.40. The maximum Gasteiger partial charge on any atom is 0.248 e. The summed E-state index contributed by atoms with van der Waals surface area (Å²) in [5.41, 5.74) is 1.85. The Kier molecular flexibility index (Phi) is 5.75. The van der Waals surface area contributed by atoms with Crippen LogP contribution in [0.15, 0.2) is 36.5 Å². The molecule has 1 saturated carbocycles. The Labute approximate surface area is 177 Å². The van der Waals surface area contributed by atoms with Gasteiger partial charge in [0.15, 0.2) is 11.5 Å². The molecule has 0 radical (unpaired) electrons. The van der Waals surface area contributed by atoms with Crippen LogP contribution in [-0.4, -0.2) is 36.9 Å². The van der Waals surface area contributed by atoms with Gasteiger partial charge < -0.3 is 10.1 Å². The lowest BCUT2D eigenvalue weighted by Gasteiger charge is -2.29. The largest absolute Gasteiger partial charge is 0.472 e. The van der Waals surface area contributed by atoms with Crippen LogP contribution in [0.25, 0.3) is 5.82 Å². The molecule has 0 spiro atoms. The molecule has 10 heteroatoms. The van der Waals surface area contributed by atoms with Gasteiger partial charge in [-0.3, -0.25) is 0 Å². The van der Waals surface area contributed by atoms with Crippen LogP contribution in [0.1, 0.15) is 42.6 Å². The Bertz CT molecular complexity index is 1080. The average molecular weight is 425 g/mol. The van der Waals surface area contributed by atoms with Crippen LogP contribution in [0, 0.1) is 18.3 Å². The third kappa shape index (κ3) is 5.31. The third-order valence-corrected chi connectivity index (χ3v) is 5.04. The minimum absolute atomic E-state index is 0.0695. The lowest BCUT2D eigenvalue weighted by molar-refractivity contribution is -0.0361. The lowest BCUT2D eigenvalue weighted by Crippen LogP contribution is -2.32. The Balaban J connectivity index is 1.53. The van der Waals surface area contributed by atoms with Crippen LogP contribution in [0.2, 0.25) is 0 Å². The first kappa shape index (κ1) is 20.7. The standard InChI is InChI=1S/C21H21F2N7O/c1-14-6-9-30(29-14)19-11-15(13-31-20-3-2-17(12-24)27-28-20)10-18(26-19)25-16-4-7-21(22,23)8-5-16/h2-3,6,9-11,16H,4-5,7-8,13H2,1H3,(H,25,26). The van der Waals surface area contributed by atoms with Crippen LogP contribution in [0.4, 0.5) is 14.6 Å². The Morgan fingerprint density at radius 3 is 2.68 bits per heavy atom. The molecule has 0 aromatic carbocycles. The minimum atomic E-state index is -2.58. The summed E-state index contributed by atoms with van der Waals surface area (Å²) in [5, 5.41) is 24.1. The average Bonchev–Trinajstić information content (AvgIpc) is 3.20. The molecule has 0 aliphatic heterocycles. The van der Waals surface area contributed by atoms with E-state index < -0.39 is 5.92 Å². The van der Waals surface area contributed by atoms with Gasteiger partial charge in [-0.25, -0.2) is 18.4 Å². The predicted octanol–water partition coefficient (Wildman–Crippen LogP) is 3.81. The molecule has 1 aliphatic carbocycles. The van der Waals surface area contributed by atoms with Crippen molar-refractivity contribution in [2.75, 3.05) is 5.32 Å². The monoisotopic (exact) mass is 425 g/mol. The molecule has 3 aromatic heterocycles. The first-order chi connectivity index (χ1) is 14.9. The molecule has 0 unspecified atom stereocenters. The van der Waals surface area contributed by atoms with Gasteiger partial charge in [-0.1, -0.05) is 0 Å². The summed E-state index contributed by atoms with van der Waals surface area (Å²) in [5.74, 6) is -1.13. The summed E-state index contributed by atoms with van der Waals surface area (Å²) in [6.07, 6.45) is 2.31. The van der Waals surface area contributed by atoms with E-state index in [2.05, 4.69) is 25.6 Å². The number of nitrogens with zero attached hydrogens (tertiary/aromatic N) is 6. The van der Waals surface area contributed by atoms with Crippen LogP contribution in [0.5, 0.6) is 5.88 Å². The zero-order valence-corrected chi connectivity index (χ0v) is 16.9. The van der Waals surface area contributed by atoms with Crippen LogP contribution >= 0.6 is 0 Å². The van der Waals surface area contributed by atoms with E-state index in [1.807, 2.05) is 31.2 Å². The highest BCUT2D eigenvalue weighted by Gasteiger charge is 2.35. The van der Waals surface area contributed by atoms with Gasteiger partial charge in [0.2, 0.25) is 11.8 Å². The molecule has 3 aromatic rings. The van der Waals surface area contributed by atoms with Crippen molar-refractivity contribution in [3.63, 3.8) is 0 Å². The molecular weight excluding hydrogens is 404 g/mol. The van der Waals surface area contributed by atoms with Crippen molar-refractivity contribution in [3.05, 3.63) is 53.5 Å². The van der Waals surface area contributed by atoms with Crippen molar-refractivity contribution < 1.29 is 13.5 Å². The minimum Gasteiger partial charge on any atom is -0.472 e. The number of halogens is 2. The summed E-state index contributed by atoms with van der Waals surface area (Å²) in [4.78, 5) is 4.61. The second kappa shape index (κ2) is 8.63. The number of pyridine rings is 1. The highest BCUT2D eigenvalue weighted by atomic mass is 19.3. The molecule has 0 amide bonds. The Hall–Kier alpha value is -3.61. The van der Waals surface area contributed by atoms with Crippen molar-refractivity contribution in [2.24, 2.45) is 0 Å². The maximum atomic E-state index is 13.5. The Morgan fingerprint density at radius 1 is 1.23 bits per heavy atom. The number of rotatable bonds is 6. The van der Waals surface area contributed by atoms with E-state index in [-0.39, 0.29) is 37.1 Å². The van der Waals surface area contributed by atoms with Gasteiger partial charge in [0.1, 0.15) is 18.5 Å². The van der Waals surface area contributed by atoms with Gasteiger partial charge in [-0.05, 0) is 49.6 Å². The molecule has 1 fully saturated rings. The van der Waals surface area contributed by atoms with Gasteiger partial charge in [-0.2, -0.15) is 10.4 Å². The van der Waals surface area contributed by atoms with E-state index in [1.165, 1.54) is 6.07 Å². The molecule has 0 bridgehead atoms. The van der Waals surface area contributed by atoms with Gasteiger partial charge in [0.25, 0.3) is 0 Å². The second-order valence-corrected chi connectivity index (χ2v) is 7.55.